The first-order valence-electron chi connectivity index (χ1n) is 7.63. The van der Waals surface area contributed by atoms with E-state index in [2.05, 4.69) is 15.0 Å². The van der Waals surface area contributed by atoms with Crippen LogP contribution < -0.4 is 5.32 Å². The van der Waals surface area contributed by atoms with E-state index in [0.717, 1.165) is 0 Å². The first-order valence-corrected chi connectivity index (χ1v) is 7.63. The van der Waals surface area contributed by atoms with E-state index in [1.165, 1.54) is 6.92 Å². The van der Waals surface area contributed by atoms with Crippen molar-refractivity contribution in [2.24, 2.45) is 0 Å². The molecule has 15 heteroatoms. The fraction of sp³-hybridized carbons (Fsp3) is 0.833. The fourth-order valence-electron chi connectivity index (χ4n) is 1.34. The molecule has 0 heterocycles. The lowest BCUT2D eigenvalue weighted by Crippen LogP contribution is -2.40. The van der Waals surface area contributed by atoms with Crippen molar-refractivity contribution in [1.82, 2.24) is 5.32 Å². The summed E-state index contributed by atoms with van der Waals surface area (Å²) in [6.45, 7) is 0.553. The first kappa shape index (κ1) is 24.1. The number of hydrogen-bond acceptors (Lipinski definition) is 12. The number of alkyl carbamates (subject to hydrolysis) is 1. The molecule has 0 saturated carbocycles. The van der Waals surface area contributed by atoms with Crippen LogP contribution in [0.4, 0.5) is 4.79 Å². The Labute approximate surface area is 153 Å². The van der Waals surface area contributed by atoms with Gasteiger partial charge in [0.05, 0.1) is 26.4 Å². The van der Waals surface area contributed by atoms with Crippen LogP contribution in [0.5, 0.6) is 0 Å². The molecule has 27 heavy (non-hydrogen) atoms. The third-order valence-electron chi connectivity index (χ3n) is 2.47. The van der Waals surface area contributed by atoms with Crippen molar-refractivity contribution in [2.45, 2.75) is 13.0 Å². The summed E-state index contributed by atoms with van der Waals surface area (Å²) in [4.78, 5) is 50.8. The van der Waals surface area contributed by atoms with Crippen LogP contribution in [-0.2, 0) is 33.4 Å². The van der Waals surface area contributed by atoms with Gasteiger partial charge in [0.2, 0.25) is 0 Å². The number of carbonyl (C=O) groups excluding carboxylic acids is 2. The summed E-state index contributed by atoms with van der Waals surface area (Å²) < 4.78 is 19.4. The van der Waals surface area contributed by atoms with Gasteiger partial charge in [-0.05, 0) is 6.92 Å². The molecular formula is C12H21N3O12. The fourth-order valence-corrected chi connectivity index (χ4v) is 1.34. The normalized spacial score (nSPS) is 11.1. The highest BCUT2D eigenvalue weighted by Crippen LogP contribution is 1.91. The second kappa shape index (κ2) is 15.3. The van der Waals surface area contributed by atoms with Crippen LogP contribution in [0.1, 0.15) is 6.92 Å². The number of nitrogens with one attached hydrogen (secondary N) is 1. The van der Waals surface area contributed by atoms with Gasteiger partial charge in [-0.3, -0.25) is 0 Å². The Bertz CT molecular complexity index is 475. The van der Waals surface area contributed by atoms with E-state index in [1.54, 1.807) is 0 Å². The molecule has 0 fully saturated rings. The number of ether oxygens (including phenoxy) is 4. The molecule has 156 valence electrons. The Balaban J connectivity index is 3.60. The largest absolute Gasteiger partial charge is 0.462 e. The SMILES string of the molecule is CC(NC(=O)OCCOCCO[N+](=O)[O-])C(=O)OCCOCCO[N+](=O)[O-]. The minimum atomic E-state index is -0.982. The van der Waals surface area contributed by atoms with Gasteiger partial charge in [0, 0.05) is 0 Å². The molecule has 0 spiro atoms. The van der Waals surface area contributed by atoms with E-state index in [-0.39, 0.29) is 52.9 Å². The van der Waals surface area contributed by atoms with Gasteiger partial charge in [0.25, 0.3) is 10.2 Å². The molecule has 0 aliphatic heterocycles. The molecule has 0 bridgehead atoms. The summed E-state index contributed by atoms with van der Waals surface area (Å²) in [6, 6.07) is -0.982. The third kappa shape index (κ3) is 16.3. The Morgan fingerprint density at radius 1 is 0.815 bits per heavy atom. The first-order chi connectivity index (χ1) is 12.8. The zero-order valence-electron chi connectivity index (χ0n) is 14.5. The maximum absolute atomic E-state index is 11.6. The molecule has 0 aliphatic carbocycles. The molecule has 0 rings (SSSR count). The van der Waals surface area contributed by atoms with E-state index in [0.29, 0.717) is 0 Å². The Morgan fingerprint density at radius 2 is 1.26 bits per heavy atom. The van der Waals surface area contributed by atoms with Gasteiger partial charge in [-0.15, -0.1) is 20.2 Å². The van der Waals surface area contributed by atoms with Crippen LogP contribution in [0.3, 0.4) is 0 Å². The van der Waals surface area contributed by atoms with Crippen molar-refractivity contribution in [3.63, 3.8) is 0 Å². The monoisotopic (exact) mass is 399 g/mol. The number of amides is 1. The predicted molar refractivity (Wildman–Crippen MR) is 82.4 cm³/mol. The maximum Gasteiger partial charge on any atom is 0.407 e. The molecule has 0 aromatic heterocycles. The lowest BCUT2D eigenvalue weighted by molar-refractivity contribution is -0.758. The van der Waals surface area contributed by atoms with Crippen molar-refractivity contribution in [3.8, 4) is 0 Å². The second-order valence-electron chi connectivity index (χ2n) is 4.51. The molecule has 0 aromatic carbocycles. The van der Waals surface area contributed by atoms with Crippen LogP contribution in [0.25, 0.3) is 0 Å². The molecule has 1 N–H and O–H groups in total. The number of carbonyl (C=O) groups is 2. The highest BCUT2D eigenvalue weighted by Gasteiger charge is 2.17. The highest BCUT2D eigenvalue weighted by molar-refractivity contribution is 5.80. The minimum Gasteiger partial charge on any atom is -0.462 e. The molecule has 0 radical (unpaired) electrons. The standard InChI is InChI=1S/C12H21N3O12/c1-10(11(16)24-6-2-22-4-8-26-14(18)19)13-12(17)25-7-3-23-5-9-27-15(20)21/h10H,2-9H2,1H3,(H,13,17). The second-order valence-corrected chi connectivity index (χ2v) is 4.51. The van der Waals surface area contributed by atoms with Gasteiger partial charge in [0.15, 0.2) is 0 Å². The molecule has 1 amide bonds. The number of hydrogen-bond donors (Lipinski definition) is 1. The van der Waals surface area contributed by atoms with Gasteiger partial charge >= 0.3 is 12.1 Å². The van der Waals surface area contributed by atoms with Gasteiger partial charge in [-0.25, -0.2) is 9.59 Å². The Hall–Kier alpha value is -2.94. The minimum absolute atomic E-state index is 0.00147. The summed E-state index contributed by atoms with van der Waals surface area (Å²) in [6.07, 6.45) is -0.877. The van der Waals surface area contributed by atoms with E-state index >= 15 is 0 Å². The number of nitrogens with zero attached hydrogens (tertiary/aromatic N) is 2. The quantitative estimate of drug-likeness (QED) is 0.146. The number of rotatable bonds is 16. The van der Waals surface area contributed by atoms with Gasteiger partial charge in [0.1, 0.15) is 32.5 Å². The van der Waals surface area contributed by atoms with E-state index < -0.39 is 28.3 Å². The summed E-state index contributed by atoms with van der Waals surface area (Å²) in [5.41, 5.74) is 0. The molecular weight excluding hydrogens is 378 g/mol. The van der Waals surface area contributed by atoms with Crippen molar-refractivity contribution < 1.29 is 48.4 Å². The Morgan fingerprint density at radius 3 is 1.74 bits per heavy atom. The lowest BCUT2D eigenvalue weighted by Gasteiger charge is -2.13. The molecule has 1 unspecified atom stereocenters. The molecule has 0 saturated heterocycles. The third-order valence-corrected chi connectivity index (χ3v) is 2.47. The smallest absolute Gasteiger partial charge is 0.407 e. The zero-order chi connectivity index (χ0) is 20.5. The zero-order valence-corrected chi connectivity index (χ0v) is 14.5. The highest BCUT2D eigenvalue weighted by atomic mass is 17.0. The average molecular weight is 399 g/mol. The van der Waals surface area contributed by atoms with Crippen LogP contribution >= 0.6 is 0 Å². The lowest BCUT2D eigenvalue weighted by atomic mass is 10.3. The molecule has 1 atom stereocenters. The molecule has 0 aromatic rings. The van der Waals surface area contributed by atoms with Gasteiger partial charge in [-0.2, -0.15) is 0 Å². The van der Waals surface area contributed by atoms with Crippen molar-refractivity contribution >= 4 is 12.1 Å². The van der Waals surface area contributed by atoms with E-state index in [1.807, 2.05) is 0 Å². The van der Waals surface area contributed by atoms with E-state index in [4.69, 9.17) is 18.9 Å². The maximum atomic E-state index is 11.6. The summed E-state index contributed by atoms with van der Waals surface area (Å²) >= 11 is 0. The van der Waals surface area contributed by atoms with Gasteiger partial charge in [-0.1, -0.05) is 0 Å². The van der Waals surface area contributed by atoms with Crippen LogP contribution in [0.2, 0.25) is 0 Å². The van der Waals surface area contributed by atoms with Crippen LogP contribution in [-0.4, -0.2) is 81.1 Å². The predicted octanol–water partition coefficient (Wildman–Crippen LogP) is -0.906. The van der Waals surface area contributed by atoms with Crippen LogP contribution in [0.15, 0.2) is 0 Å². The number of esters is 1. The molecule has 0 aliphatic rings. The van der Waals surface area contributed by atoms with Crippen molar-refractivity contribution in [1.29, 1.82) is 0 Å². The summed E-state index contributed by atoms with van der Waals surface area (Å²) in [7, 11) is 0. The molecule has 15 nitrogen and oxygen atoms in total. The van der Waals surface area contributed by atoms with E-state index in [9.17, 15) is 29.8 Å². The Kier molecular flexibility index (Phi) is 13.7. The summed E-state index contributed by atoms with van der Waals surface area (Å²) in [5, 5.41) is 20.1. The topological polar surface area (TPSA) is 188 Å². The summed E-state index contributed by atoms with van der Waals surface area (Å²) in [5.74, 6) is -0.731. The van der Waals surface area contributed by atoms with Gasteiger partial charge < -0.3 is 33.9 Å². The van der Waals surface area contributed by atoms with Crippen molar-refractivity contribution in [2.75, 3.05) is 52.9 Å². The van der Waals surface area contributed by atoms with Crippen LogP contribution in [0, 0.1) is 20.2 Å². The average Bonchev–Trinajstić information content (AvgIpc) is 2.59. The van der Waals surface area contributed by atoms with Crippen molar-refractivity contribution in [3.05, 3.63) is 20.2 Å².